The first-order chi connectivity index (χ1) is 17.9. The van der Waals surface area contributed by atoms with Gasteiger partial charge in [-0.2, -0.15) is 0 Å². The van der Waals surface area contributed by atoms with Crippen molar-refractivity contribution in [2.75, 3.05) is 30.3 Å². The number of guanidine groups is 1. The molecule has 12 heteroatoms. The van der Waals surface area contributed by atoms with Crippen molar-refractivity contribution in [3.63, 3.8) is 0 Å². The van der Waals surface area contributed by atoms with Crippen molar-refractivity contribution in [1.82, 2.24) is 10.6 Å². The Hall–Kier alpha value is -3.50. The number of aliphatic imine (C=N–C) groups is 1. The topological polar surface area (TPSA) is 152 Å². The van der Waals surface area contributed by atoms with E-state index >= 15 is 0 Å². The first-order valence-electron chi connectivity index (χ1n) is 12.1. The Balaban J connectivity index is 1.65. The van der Waals surface area contributed by atoms with Crippen LogP contribution in [0.15, 0.2) is 29.3 Å². The number of nitrogens with zero attached hydrogens (tertiary/aromatic N) is 1. The molecular formula is C26H31Cl2N5O5. The molecule has 1 aliphatic rings. The third kappa shape index (κ3) is 7.29. The molecule has 0 bridgehead atoms. The number of carboxylic acids is 1. The molecule has 0 aliphatic carbocycles. The number of carboxylic acid groups (broad SMARTS) is 1. The SMILES string of the molecule is CCc1c(Cl)c(NC(=O)CNC(=O)c2cccc(NC3=NCC(C)(C)CN3)c2)c(Cl)c(O)c1CCC(=O)O. The number of amides is 2. The van der Waals surface area contributed by atoms with E-state index in [-0.39, 0.29) is 46.3 Å². The van der Waals surface area contributed by atoms with Crippen molar-refractivity contribution in [2.24, 2.45) is 10.4 Å². The Labute approximate surface area is 230 Å². The van der Waals surface area contributed by atoms with Crippen LogP contribution in [0.4, 0.5) is 11.4 Å². The van der Waals surface area contributed by atoms with Gasteiger partial charge in [0.2, 0.25) is 5.91 Å². The summed E-state index contributed by atoms with van der Waals surface area (Å²) in [5.74, 6) is -1.82. The molecule has 0 radical (unpaired) electrons. The molecule has 2 aromatic carbocycles. The van der Waals surface area contributed by atoms with Crippen molar-refractivity contribution >= 4 is 58.3 Å². The minimum absolute atomic E-state index is 0.00358. The van der Waals surface area contributed by atoms with Gasteiger partial charge >= 0.3 is 5.97 Å². The maximum atomic E-state index is 12.7. The second kappa shape index (κ2) is 12.4. The molecule has 0 spiro atoms. The number of phenolic OH excluding ortho intramolecular Hbond substituents is 1. The molecule has 38 heavy (non-hydrogen) atoms. The van der Waals surface area contributed by atoms with Crippen molar-refractivity contribution in [1.29, 1.82) is 0 Å². The summed E-state index contributed by atoms with van der Waals surface area (Å²) in [6.45, 7) is 7.08. The van der Waals surface area contributed by atoms with Gasteiger partial charge in [0.25, 0.3) is 5.91 Å². The van der Waals surface area contributed by atoms with E-state index in [1.807, 2.05) is 0 Å². The summed E-state index contributed by atoms with van der Waals surface area (Å²) in [6, 6.07) is 6.78. The summed E-state index contributed by atoms with van der Waals surface area (Å²) in [4.78, 5) is 40.8. The molecule has 1 heterocycles. The van der Waals surface area contributed by atoms with Crippen molar-refractivity contribution in [2.45, 2.75) is 40.0 Å². The van der Waals surface area contributed by atoms with E-state index < -0.39 is 17.8 Å². The molecule has 0 saturated carbocycles. The number of rotatable bonds is 9. The van der Waals surface area contributed by atoms with Gasteiger partial charge in [-0.3, -0.25) is 19.4 Å². The zero-order valence-electron chi connectivity index (χ0n) is 21.4. The van der Waals surface area contributed by atoms with Crippen molar-refractivity contribution in [3.8, 4) is 5.75 Å². The highest BCUT2D eigenvalue weighted by Gasteiger charge is 2.24. The molecule has 0 unspecified atom stereocenters. The zero-order valence-corrected chi connectivity index (χ0v) is 22.9. The van der Waals surface area contributed by atoms with Crippen LogP contribution in [0.3, 0.4) is 0 Å². The maximum absolute atomic E-state index is 12.7. The zero-order chi connectivity index (χ0) is 28.0. The number of phenols is 1. The van der Waals surface area contributed by atoms with E-state index in [4.69, 9.17) is 28.3 Å². The molecule has 1 aliphatic heterocycles. The van der Waals surface area contributed by atoms with Crippen LogP contribution in [-0.2, 0) is 22.4 Å². The molecular weight excluding hydrogens is 533 g/mol. The molecule has 3 rings (SSSR count). The molecule has 0 atom stereocenters. The number of hydrogen-bond donors (Lipinski definition) is 6. The largest absolute Gasteiger partial charge is 0.506 e. The number of aliphatic carboxylic acids is 1. The minimum atomic E-state index is -1.03. The van der Waals surface area contributed by atoms with Gasteiger partial charge in [0.1, 0.15) is 10.8 Å². The molecule has 0 saturated heterocycles. The van der Waals surface area contributed by atoms with Gasteiger partial charge in [0.15, 0.2) is 5.96 Å². The maximum Gasteiger partial charge on any atom is 0.303 e. The van der Waals surface area contributed by atoms with E-state index in [0.29, 0.717) is 41.3 Å². The van der Waals surface area contributed by atoms with Gasteiger partial charge in [-0.25, -0.2) is 0 Å². The molecule has 2 amide bonds. The average molecular weight is 564 g/mol. The summed E-state index contributed by atoms with van der Waals surface area (Å²) in [5.41, 5.74) is 1.88. The Morgan fingerprint density at radius 3 is 2.53 bits per heavy atom. The summed E-state index contributed by atoms with van der Waals surface area (Å²) < 4.78 is 0. The minimum Gasteiger partial charge on any atom is -0.506 e. The van der Waals surface area contributed by atoms with Crippen LogP contribution in [0.5, 0.6) is 5.75 Å². The van der Waals surface area contributed by atoms with E-state index in [0.717, 1.165) is 6.54 Å². The molecule has 204 valence electrons. The molecule has 0 aromatic heterocycles. The lowest BCUT2D eigenvalue weighted by Crippen LogP contribution is -2.44. The predicted molar refractivity (Wildman–Crippen MR) is 149 cm³/mol. The quantitative estimate of drug-likeness (QED) is 0.269. The van der Waals surface area contributed by atoms with Crippen LogP contribution < -0.4 is 21.3 Å². The molecule has 6 N–H and O–H groups in total. The summed E-state index contributed by atoms with van der Waals surface area (Å²) >= 11 is 12.7. The fraction of sp³-hybridized carbons (Fsp3) is 0.385. The number of carbonyl (C=O) groups is 3. The lowest BCUT2D eigenvalue weighted by atomic mass is 9.93. The van der Waals surface area contributed by atoms with E-state index in [9.17, 15) is 19.5 Å². The summed E-state index contributed by atoms with van der Waals surface area (Å²) in [7, 11) is 0. The van der Waals surface area contributed by atoms with Crippen LogP contribution in [0.1, 0.15) is 48.7 Å². The van der Waals surface area contributed by atoms with Gasteiger partial charge < -0.3 is 31.5 Å². The van der Waals surface area contributed by atoms with Crippen LogP contribution >= 0.6 is 23.2 Å². The van der Waals surface area contributed by atoms with Crippen molar-refractivity contribution < 1.29 is 24.6 Å². The average Bonchev–Trinajstić information content (AvgIpc) is 2.87. The lowest BCUT2D eigenvalue weighted by molar-refractivity contribution is -0.137. The Morgan fingerprint density at radius 1 is 1.16 bits per heavy atom. The summed E-state index contributed by atoms with van der Waals surface area (Å²) in [6.07, 6.45) is 0.191. The number of halogens is 2. The van der Waals surface area contributed by atoms with Gasteiger partial charge in [0.05, 0.1) is 17.3 Å². The first kappa shape index (κ1) is 29.1. The van der Waals surface area contributed by atoms with Crippen molar-refractivity contribution in [3.05, 3.63) is 51.0 Å². The second-order valence-corrected chi connectivity index (χ2v) is 10.4. The van der Waals surface area contributed by atoms with Crippen LogP contribution in [-0.4, -0.2) is 53.6 Å². The van der Waals surface area contributed by atoms with E-state index in [1.54, 1.807) is 31.2 Å². The number of nitrogens with one attached hydrogen (secondary N) is 4. The highest BCUT2D eigenvalue weighted by molar-refractivity contribution is 6.41. The van der Waals surface area contributed by atoms with E-state index in [2.05, 4.69) is 40.1 Å². The first-order valence-corrected chi connectivity index (χ1v) is 12.8. The monoisotopic (exact) mass is 563 g/mol. The van der Waals surface area contributed by atoms with Crippen LogP contribution in [0.25, 0.3) is 0 Å². The number of aromatic hydroxyl groups is 1. The highest BCUT2D eigenvalue weighted by Crippen LogP contribution is 2.44. The number of benzene rings is 2. The number of hydrogen-bond acceptors (Lipinski definition) is 7. The number of carbonyl (C=O) groups excluding carboxylic acids is 2. The van der Waals surface area contributed by atoms with E-state index in [1.165, 1.54) is 0 Å². The van der Waals surface area contributed by atoms with Gasteiger partial charge in [0, 0.05) is 41.7 Å². The smallest absolute Gasteiger partial charge is 0.303 e. The third-order valence-electron chi connectivity index (χ3n) is 5.97. The Morgan fingerprint density at radius 2 is 1.89 bits per heavy atom. The Bertz CT molecular complexity index is 1280. The lowest BCUT2D eigenvalue weighted by Gasteiger charge is -2.29. The molecule has 10 nitrogen and oxygen atoms in total. The Kier molecular flexibility index (Phi) is 9.45. The predicted octanol–water partition coefficient (Wildman–Crippen LogP) is 4.04. The fourth-order valence-electron chi connectivity index (χ4n) is 3.89. The van der Waals surface area contributed by atoms with Crippen LogP contribution in [0, 0.1) is 5.41 Å². The standard InChI is InChI=1S/C26H31Cl2N5O5/c1-4-16-17(8-9-19(35)36)23(37)21(28)22(20(16)27)33-18(34)11-29-24(38)14-6-5-7-15(10-14)32-25-30-12-26(2,3)13-31-25/h5-7,10,37H,4,8-9,11-13H2,1-3H3,(H,29,38)(H,33,34)(H,35,36)(H2,30,31,32). The molecule has 2 aromatic rings. The number of anilines is 2. The van der Waals surface area contributed by atoms with Gasteiger partial charge in [-0.1, -0.05) is 50.0 Å². The second-order valence-electron chi connectivity index (χ2n) is 9.68. The van der Waals surface area contributed by atoms with Gasteiger partial charge in [-0.15, -0.1) is 0 Å². The fourth-order valence-corrected chi connectivity index (χ4v) is 4.58. The third-order valence-corrected chi connectivity index (χ3v) is 6.75. The molecule has 0 fully saturated rings. The normalized spacial score (nSPS) is 14.2. The highest BCUT2D eigenvalue weighted by atomic mass is 35.5. The van der Waals surface area contributed by atoms with Gasteiger partial charge in [-0.05, 0) is 36.6 Å². The summed E-state index contributed by atoms with van der Waals surface area (Å²) in [5, 5.41) is 30.9. The van der Waals surface area contributed by atoms with Crippen LogP contribution in [0.2, 0.25) is 10.0 Å².